The molecule has 1 aromatic carbocycles. The summed E-state index contributed by atoms with van der Waals surface area (Å²) < 4.78 is 44.5. The van der Waals surface area contributed by atoms with Gasteiger partial charge in [-0.3, -0.25) is 4.68 Å². The van der Waals surface area contributed by atoms with Crippen molar-refractivity contribution in [1.29, 1.82) is 0 Å². The third kappa shape index (κ3) is 3.99. The summed E-state index contributed by atoms with van der Waals surface area (Å²) >= 11 is 3.30. The number of alkyl halides is 3. The molecular formula is C12H10BrF3N2O. The summed E-state index contributed by atoms with van der Waals surface area (Å²) in [6.07, 6.45) is -2.59. The van der Waals surface area contributed by atoms with E-state index in [9.17, 15) is 13.2 Å². The summed E-state index contributed by atoms with van der Waals surface area (Å²) in [5.74, 6) is 0.651. The highest BCUT2D eigenvalue weighted by Crippen LogP contribution is 2.28. The van der Waals surface area contributed by atoms with Gasteiger partial charge in [0.25, 0.3) is 0 Å². The Bertz CT molecular complexity index is 554. The van der Waals surface area contributed by atoms with Gasteiger partial charge in [-0.15, -0.1) is 0 Å². The number of ether oxygens (including phenoxy) is 1. The normalized spacial score (nSPS) is 11.6. The molecule has 3 nitrogen and oxygen atoms in total. The average molecular weight is 335 g/mol. The van der Waals surface area contributed by atoms with Crippen molar-refractivity contribution in [3.8, 4) is 5.75 Å². The van der Waals surface area contributed by atoms with E-state index >= 15 is 0 Å². The van der Waals surface area contributed by atoms with Crippen LogP contribution in [0.1, 0.15) is 5.56 Å². The zero-order chi connectivity index (χ0) is 13.9. The van der Waals surface area contributed by atoms with Crippen molar-refractivity contribution in [3.63, 3.8) is 0 Å². The van der Waals surface area contributed by atoms with E-state index in [1.807, 2.05) is 12.1 Å². The molecule has 0 saturated carbocycles. The van der Waals surface area contributed by atoms with Gasteiger partial charge < -0.3 is 4.74 Å². The Morgan fingerprint density at radius 1 is 1.32 bits per heavy atom. The first-order valence-electron chi connectivity index (χ1n) is 5.43. The van der Waals surface area contributed by atoms with Gasteiger partial charge in [0.15, 0.2) is 0 Å². The molecule has 2 rings (SSSR count). The molecule has 0 spiro atoms. The second kappa shape index (κ2) is 5.64. The van der Waals surface area contributed by atoms with Gasteiger partial charge in [-0.2, -0.15) is 18.3 Å². The van der Waals surface area contributed by atoms with Crippen molar-refractivity contribution in [2.24, 2.45) is 0 Å². The van der Waals surface area contributed by atoms with Crippen LogP contribution >= 0.6 is 15.9 Å². The maximum absolute atomic E-state index is 12.3. The van der Waals surface area contributed by atoms with Crippen molar-refractivity contribution < 1.29 is 17.9 Å². The standard InChI is InChI=1S/C12H10BrF3N2O/c13-10-2-1-3-11(6-10)19-5-4-18-8-9(7-17-18)12(14,15)16/h1-3,6-8H,4-5H2. The van der Waals surface area contributed by atoms with E-state index in [2.05, 4.69) is 21.0 Å². The fourth-order valence-electron chi connectivity index (χ4n) is 1.45. The maximum atomic E-state index is 12.3. The molecule has 0 atom stereocenters. The van der Waals surface area contributed by atoms with Crippen molar-refractivity contribution in [3.05, 3.63) is 46.7 Å². The highest BCUT2D eigenvalue weighted by molar-refractivity contribution is 9.10. The topological polar surface area (TPSA) is 27.1 Å². The van der Waals surface area contributed by atoms with Gasteiger partial charge in [0, 0.05) is 10.7 Å². The van der Waals surface area contributed by atoms with Crippen molar-refractivity contribution in [2.75, 3.05) is 6.61 Å². The fourth-order valence-corrected chi connectivity index (χ4v) is 1.82. The third-order valence-electron chi connectivity index (χ3n) is 2.35. The number of hydrogen-bond acceptors (Lipinski definition) is 2. The molecule has 2 aromatic rings. The molecule has 1 aromatic heterocycles. The summed E-state index contributed by atoms with van der Waals surface area (Å²) in [5, 5.41) is 3.64. The highest BCUT2D eigenvalue weighted by Gasteiger charge is 2.32. The minimum Gasteiger partial charge on any atom is -0.492 e. The van der Waals surface area contributed by atoms with Crippen LogP contribution in [0.15, 0.2) is 41.1 Å². The SMILES string of the molecule is FC(F)(F)c1cnn(CCOc2cccc(Br)c2)c1. The number of benzene rings is 1. The number of aromatic nitrogens is 2. The highest BCUT2D eigenvalue weighted by atomic mass is 79.9. The van der Waals surface area contributed by atoms with Crippen LogP contribution in [0.25, 0.3) is 0 Å². The van der Waals surface area contributed by atoms with Crippen molar-refractivity contribution >= 4 is 15.9 Å². The lowest BCUT2D eigenvalue weighted by atomic mass is 10.3. The molecular weight excluding hydrogens is 325 g/mol. The lowest BCUT2D eigenvalue weighted by Gasteiger charge is -2.06. The number of halogens is 4. The summed E-state index contributed by atoms with van der Waals surface area (Å²) in [4.78, 5) is 0. The van der Waals surface area contributed by atoms with Crippen LogP contribution in [0.3, 0.4) is 0 Å². The largest absolute Gasteiger partial charge is 0.492 e. The van der Waals surface area contributed by atoms with Gasteiger partial charge in [0.2, 0.25) is 0 Å². The second-order valence-corrected chi connectivity index (χ2v) is 4.71. The second-order valence-electron chi connectivity index (χ2n) is 3.80. The fraction of sp³-hybridized carbons (Fsp3) is 0.250. The number of hydrogen-bond donors (Lipinski definition) is 0. The smallest absolute Gasteiger partial charge is 0.419 e. The lowest BCUT2D eigenvalue weighted by molar-refractivity contribution is -0.137. The molecule has 0 aliphatic heterocycles. The van der Waals surface area contributed by atoms with Crippen LogP contribution in [0, 0.1) is 0 Å². The molecule has 19 heavy (non-hydrogen) atoms. The van der Waals surface area contributed by atoms with Gasteiger partial charge in [-0.25, -0.2) is 0 Å². The molecule has 0 aliphatic rings. The molecule has 0 aliphatic carbocycles. The molecule has 7 heteroatoms. The predicted molar refractivity (Wildman–Crippen MR) is 66.9 cm³/mol. The Hall–Kier alpha value is -1.50. The number of rotatable bonds is 4. The summed E-state index contributed by atoms with van der Waals surface area (Å²) in [6, 6.07) is 7.23. The zero-order valence-electron chi connectivity index (χ0n) is 9.69. The van der Waals surface area contributed by atoms with E-state index in [-0.39, 0.29) is 13.2 Å². The van der Waals surface area contributed by atoms with Crippen LogP contribution in [0.2, 0.25) is 0 Å². The Balaban J connectivity index is 1.88. The Labute approximate surface area is 116 Å². The predicted octanol–water partition coefficient (Wildman–Crippen LogP) is 3.74. The van der Waals surface area contributed by atoms with Crippen LogP contribution in [0.5, 0.6) is 5.75 Å². The van der Waals surface area contributed by atoms with Crippen LogP contribution in [0.4, 0.5) is 13.2 Å². The molecule has 0 radical (unpaired) electrons. The first kappa shape index (κ1) is 13.9. The van der Waals surface area contributed by atoms with Crippen LogP contribution < -0.4 is 4.74 Å². The van der Waals surface area contributed by atoms with Crippen LogP contribution in [-0.4, -0.2) is 16.4 Å². The van der Waals surface area contributed by atoms with Gasteiger partial charge in [0.1, 0.15) is 12.4 Å². The quantitative estimate of drug-likeness (QED) is 0.851. The van der Waals surface area contributed by atoms with Crippen molar-refractivity contribution in [1.82, 2.24) is 9.78 Å². The first-order valence-corrected chi connectivity index (χ1v) is 6.22. The summed E-state index contributed by atoms with van der Waals surface area (Å²) in [5.41, 5.74) is -0.755. The molecule has 0 fully saturated rings. The van der Waals surface area contributed by atoms with Crippen molar-refractivity contribution in [2.45, 2.75) is 12.7 Å². The van der Waals surface area contributed by atoms with E-state index < -0.39 is 11.7 Å². The average Bonchev–Trinajstić information content (AvgIpc) is 2.77. The lowest BCUT2D eigenvalue weighted by Crippen LogP contribution is -2.09. The molecule has 0 amide bonds. The Kier molecular flexibility index (Phi) is 4.14. The van der Waals surface area contributed by atoms with Crippen LogP contribution in [-0.2, 0) is 12.7 Å². The first-order chi connectivity index (χ1) is 8.95. The minimum atomic E-state index is -4.36. The van der Waals surface area contributed by atoms with Gasteiger partial charge >= 0.3 is 6.18 Å². The van der Waals surface area contributed by atoms with E-state index in [0.717, 1.165) is 16.9 Å². The van der Waals surface area contributed by atoms with E-state index in [4.69, 9.17) is 4.74 Å². The van der Waals surface area contributed by atoms with E-state index in [1.165, 1.54) is 4.68 Å². The maximum Gasteiger partial charge on any atom is 0.419 e. The number of nitrogens with zero attached hydrogens (tertiary/aromatic N) is 2. The molecule has 102 valence electrons. The summed E-state index contributed by atoms with van der Waals surface area (Å²) in [7, 11) is 0. The van der Waals surface area contributed by atoms with Gasteiger partial charge in [-0.1, -0.05) is 22.0 Å². The molecule has 0 saturated heterocycles. The Morgan fingerprint density at radius 3 is 2.74 bits per heavy atom. The molecule has 1 heterocycles. The summed E-state index contributed by atoms with van der Waals surface area (Å²) in [6.45, 7) is 0.498. The van der Waals surface area contributed by atoms with Gasteiger partial charge in [0.05, 0.1) is 18.3 Å². The Morgan fingerprint density at radius 2 is 2.11 bits per heavy atom. The third-order valence-corrected chi connectivity index (χ3v) is 2.84. The molecule has 0 unspecified atom stereocenters. The molecule has 0 bridgehead atoms. The minimum absolute atomic E-state index is 0.245. The molecule has 0 N–H and O–H groups in total. The van der Waals surface area contributed by atoms with E-state index in [0.29, 0.717) is 5.75 Å². The van der Waals surface area contributed by atoms with E-state index in [1.54, 1.807) is 12.1 Å². The monoisotopic (exact) mass is 334 g/mol. The zero-order valence-corrected chi connectivity index (χ0v) is 11.3. The van der Waals surface area contributed by atoms with Gasteiger partial charge in [-0.05, 0) is 18.2 Å².